The Hall–Kier alpha value is -2.08. The molecule has 0 aromatic heterocycles. The number of halogens is 2. The molecule has 2 aromatic carbocycles. The van der Waals surface area contributed by atoms with Gasteiger partial charge in [0.15, 0.2) is 18.2 Å². The highest BCUT2D eigenvalue weighted by Crippen LogP contribution is 2.38. The molecule has 25 heavy (non-hydrogen) atoms. The number of carbonyl (C=O) groups excluding carboxylic acids is 1. The lowest BCUT2D eigenvalue weighted by atomic mass is 9.96. The minimum absolute atomic E-state index is 0.0602. The van der Waals surface area contributed by atoms with E-state index in [9.17, 15) is 9.18 Å². The standard InChI is InChI=1S/C19H19BrFNO3/c1-12-5-7-17(24-2)19-14(12)4-3-9-22(19)18(23)11-25-16-8-6-13(20)10-15(16)21/h5-8,10H,3-4,9,11H2,1-2H3. The predicted molar refractivity (Wildman–Crippen MR) is 98.0 cm³/mol. The lowest BCUT2D eigenvalue weighted by Gasteiger charge is -2.32. The van der Waals surface area contributed by atoms with E-state index in [1.165, 1.54) is 12.1 Å². The second-order valence-electron chi connectivity index (χ2n) is 5.92. The van der Waals surface area contributed by atoms with Crippen molar-refractivity contribution >= 4 is 27.5 Å². The molecule has 0 atom stereocenters. The average Bonchev–Trinajstić information content (AvgIpc) is 2.61. The molecule has 0 saturated heterocycles. The molecule has 0 spiro atoms. The third kappa shape index (κ3) is 3.63. The molecule has 1 aliphatic heterocycles. The summed E-state index contributed by atoms with van der Waals surface area (Å²) in [6, 6.07) is 8.35. The number of hydrogen-bond donors (Lipinski definition) is 0. The molecule has 0 bridgehead atoms. The van der Waals surface area contributed by atoms with E-state index in [4.69, 9.17) is 9.47 Å². The van der Waals surface area contributed by atoms with Crippen LogP contribution in [-0.4, -0.2) is 26.2 Å². The van der Waals surface area contributed by atoms with Crippen LogP contribution in [0.15, 0.2) is 34.8 Å². The van der Waals surface area contributed by atoms with Crippen LogP contribution in [0.4, 0.5) is 10.1 Å². The molecule has 0 N–H and O–H groups in total. The van der Waals surface area contributed by atoms with Gasteiger partial charge >= 0.3 is 0 Å². The van der Waals surface area contributed by atoms with Gasteiger partial charge in [0.2, 0.25) is 0 Å². The summed E-state index contributed by atoms with van der Waals surface area (Å²) in [6.45, 7) is 2.40. The first-order valence-electron chi connectivity index (χ1n) is 8.06. The van der Waals surface area contributed by atoms with Gasteiger partial charge in [-0.2, -0.15) is 0 Å². The first-order valence-corrected chi connectivity index (χ1v) is 8.85. The molecule has 6 heteroatoms. The zero-order valence-electron chi connectivity index (χ0n) is 14.1. The first-order chi connectivity index (χ1) is 12.0. The second-order valence-corrected chi connectivity index (χ2v) is 6.84. The number of carbonyl (C=O) groups is 1. The number of amides is 1. The minimum atomic E-state index is -0.505. The molecule has 0 aliphatic carbocycles. The third-order valence-electron chi connectivity index (χ3n) is 4.32. The Labute approximate surface area is 154 Å². The van der Waals surface area contributed by atoms with Crippen LogP contribution in [0, 0.1) is 12.7 Å². The van der Waals surface area contributed by atoms with Gasteiger partial charge in [0.25, 0.3) is 5.91 Å². The van der Waals surface area contributed by atoms with Crippen LogP contribution < -0.4 is 14.4 Å². The Morgan fingerprint density at radius 3 is 2.76 bits per heavy atom. The zero-order chi connectivity index (χ0) is 18.0. The zero-order valence-corrected chi connectivity index (χ0v) is 15.7. The molecule has 1 aliphatic rings. The molecule has 0 unspecified atom stereocenters. The van der Waals surface area contributed by atoms with Crippen molar-refractivity contribution in [2.45, 2.75) is 19.8 Å². The monoisotopic (exact) mass is 407 g/mol. The highest BCUT2D eigenvalue weighted by molar-refractivity contribution is 9.10. The van der Waals surface area contributed by atoms with Gasteiger partial charge in [-0.3, -0.25) is 4.79 Å². The van der Waals surface area contributed by atoms with Crippen LogP contribution in [0.1, 0.15) is 17.5 Å². The van der Waals surface area contributed by atoms with E-state index in [1.807, 2.05) is 19.1 Å². The number of methoxy groups -OCH3 is 1. The van der Waals surface area contributed by atoms with Crippen molar-refractivity contribution in [3.8, 4) is 11.5 Å². The molecule has 132 valence electrons. The Morgan fingerprint density at radius 1 is 1.28 bits per heavy atom. The summed E-state index contributed by atoms with van der Waals surface area (Å²) in [6.07, 6.45) is 1.78. The Bertz CT molecular complexity index is 809. The molecule has 0 radical (unpaired) electrons. The summed E-state index contributed by atoms with van der Waals surface area (Å²) < 4.78 is 25.3. The van der Waals surface area contributed by atoms with Crippen molar-refractivity contribution < 1.29 is 18.7 Å². The number of hydrogen-bond acceptors (Lipinski definition) is 3. The van der Waals surface area contributed by atoms with Gasteiger partial charge in [0.1, 0.15) is 5.75 Å². The van der Waals surface area contributed by atoms with Gasteiger partial charge < -0.3 is 14.4 Å². The number of rotatable bonds is 4. The maximum absolute atomic E-state index is 13.9. The minimum Gasteiger partial charge on any atom is -0.495 e. The number of ether oxygens (including phenoxy) is 2. The molecule has 3 rings (SSSR count). The number of benzene rings is 2. The summed E-state index contributed by atoms with van der Waals surface area (Å²) >= 11 is 3.19. The van der Waals surface area contributed by atoms with Crippen molar-refractivity contribution in [3.63, 3.8) is 0 Å². The predicted octanol–water partition coefficient (Wildman–Crippen LogP) is 4.26. The van der Waals surface area contributed by atoms with Gasteiger partial charge in [0, 0.05) is 11.0 Å². The lowest BCUT2D eigenvalue weighted by molar-refractivity contribution is -0.120. The fraction of sp³-hybridized carbons (Fsp3) is 0.316. The molecule has 2 aromatic rings. The van der Waals surface area contributed by atoms with E-state index in [0.29, 0.717) is 16.8 Å². The fourth-order valence-electron chi connectivity index (χ4n) is 3.08. The number of aryl methyl sites for hydroxylation is 1. The topological polar surface area (TPSA) is 38.8 Å². The maximum atomic E-state index is 13.9. The van der Waals surface area contributed by atoms with Gasteiger partial charge in [0.05, 0.1) is 12.8 Å². The first kappa shape index (κ1) is 17.7. The molecule has 4 nitrogen and oxygen atoms in total. The second kappa shape index (κ2) is 7.44. The van der Waals surface area contributed by atoms with Gasteiger partial charge in [-0.15, -0.1) is 0 Å². The molecule has 1 amide bonds. The van der Waals surface area contributed by atoms with E-state index in [-0.39, 0.29) is 18.3 Å². The van der Waals surface area contributed by atoms with Crippen LogP contribution in [0.2, 0.25) is 0 Å². The Morgan fingerprint density at radius 2 is 2.04 bits per heavy atom. The van der Waals surface area contributed by atoms with Crippen LogP contribution in [0.25, 0.3) is 0 Å². The highest BCUT2D eigenvalue weighted by Gasteiger charge is 2.27. The summed E-state index contributed by atoms with van der Waals surface area (Å²) in [5.74, 6) is 0.00951. The molecular formula is C19H19BrFNO3. The van der Waals surface area contributed by atoms with Crippen LogP contribution in [-0.2, 0) is 11.2 Å². The Kier molecular flexibility index (Phi) is 5.27. The number of nitrogens with zero attached hydrogens (tertiary/aromatic N) is 1. The quantitative estimate of drug-likeness (QED) is 0.759. The lowest BCUT2D eigenvalue weighted by Crippen LogP contribution is -2.39. The molecule has 0 fully saturated rings. The van der Waals surface area contributed by atoms with E-state index < -0.39 is 5.82 Å². The SMILES string of the molecule is COc1ccc(C)c2c1N(C(=O)COc1ccc(Br)cc1F)CCC2. The van der Waals surface area contributed by atoms with Crippen molar-refractivity contribution in [1.82, 2.24) is 0 Å². The van der Waals surface area contributed by atoms with Crippen LogP contribution in [0.5, 0.6) is 11.5 Å². The average molecular weight is 408 g/mol. The maximum Gasteiger partial charge on any atom is 0.265 e. The van der Waals surface area contributed by atoms with Gasteiger partial charge in [-0.1, -0.05) is 22.0 Å². The fourth-order valence-corrected chi connectivity index (χ4v) is 3.41. The van der Waals surface area contributed by atoms with Crippen LogP contribution in [0.3, 0.4) is 0 Å². The van der Waals surface area contributed by atoms with Crippen molar-refractivity contribution in [1.29, 1.82) is 0 Å². The van der Waals surface area contributed by atoms with Crippen molar-refractivity contribution in [3.05, 3.63) is 51.7 Å². The van der Waals surface area contributed by atoms with Gasteiger partial charge in [-0.05, 0) is 55.2 Å². The van der Waals surface area contributed by atoms with Gasteiger partial charge in [-0.25, -0.2) is 4.39 Å². The normalized spacial score (nSPS) is 13.4. The Balaban J connectivity index is 1.81. The molecular weight excluding hydrogens is 389 g/mol. The highest BCUT2D eigenvalue weighted by atomic mass is 79.9. The van der Waals surface area contributed by atoms with Crippen molar-refractivity contribution in [2.75, 3.05) is 25.2 Å². The van der Waals surface area contributed by atoms with E-state index in [2.05, 4.69) is 15.9 Å². The summed E-state index contributed by atoms with van der Waals surface area (Å²) in [7, 11) is 1.59. The van der Waals surface area contributed by atoms with E-state index >= 15 is 0 Å². The smallest absolute Gasteiger partial charge is 0.265 e. The van der Waals surface area contributed by atoms with Crippen molar-refractivity contribution in [2.24, 2.45) is 0 Å². The molecule has 0 saturated carbocycles. The molecule has 1 heterocycles. The summed E-state index contributed by atoms with van der Waals surface area (Å²) in [4.78, 5) is 14.4. The summed E-state index contributed by atoms with van der Waals surface area (Å²) in [5, 5.41) is 0. The summed E-state index contributed by atoms with van der Waals surface area (Å²) in [5.41, 5.74) is 3.06. The number of fused-ring (bicyclic) bond motifs is 1. The van der Waals surface area contributed by atoms with Crippen LogP contribution >= 0.6 is 15.9 Å². The number of anilines is 1. The van der Waals surface area contributed by atoms with E-state index in [1.54, 1.807) is 18.1 Å². The largest absolute Gasteiger partial charge is 0.495 e. The third-order valence-corrected chi connectivity index (χ3v) is 4.82. The van der Waals surface area contributed by atoms with E-state index in [0.717, 1.165) is 29.7 Å².